The first-order valence-corrected chi connectivity index (χ1v) is 7.68. The highest BCUT2D eigenvalue weighted by Crippen LogP contribution is 2.29. The number of esters is 1. The van der Waals surface area contributed by atoms with E-state index in [0.29, 0.717) is 12.8 Å². The molecule has 0 heterocycles. The lowest BCUT2D eigenvalue weighted by molar-refractivity contribution is -0.139. The van der Waals surface area contributed by atoms with Gasteiger partial charge in [0.2, 0.25) is 0 Å². The molecule has 0 spiro atoms. The number of aliphatic hydroxyl groups excluding tert-OH is 1. The van der Waals surface area contributed by atoms with E-state index >= 15 is 0 Å². The number of Topliss-reactive ketones (excluding diaryl/α,β-unsaturated/α-hetero) is 1. The quantitative estimate of drug-likeness (QED) is 0.366. The van der Waals surface area contributed by atoms with Crippen LogP contribution >= 0.6 is 0 Å². The van der Waals surface area contributed by atoms with Crippen molar-refractivity contribution in [3.8, 4) is 11.5 Å². The molecular weight excluding hydrogens is 300 g/mol. The van der Waals surface area contributed by atoms with Gasteiger partial charge < -0.3 is 20.1 Å². The van der Waals surface area contributed by atoms with Crippen LogP contribution in [0, 0.1) is 0 Å². The molecule has 0 saturated carbocycles. The van der Waals surface area contributed by atoms with Crippen LogP contribution in [-0.4, -0.2) is 40.3 Å². The fourth-order valence-corrected chi connectivity index (χ4v) is 2.39. The van der Waals surface area contributed by atoms with E-state index in [9.17, 15) is 24.9 Å². The molecule has 0 aliphatic carbocycles. The lowest BCUT2D eigenvalue weighted by Gasteiger charge is -2.11. The molecule has 128 valence electrons. The number of benzene rings is 1. The van der Waals surface area contributed by atoms with Crippen molar-refractivity contribution in [1.29, 1.82) is 0 Å². The third-order valence-electron chi connectivity index (χ3n) is 3.55. The highest BCUT2D eigenvalue weighted by Gasteiger charge is 2.19. The van der Waals surface area contributed by atoms with Crippen molar-refractivity contribution in [2.75, 3.05) is 7.11 Å². The van der Waals surface area contributed by atoms with E-state index in [1.807, 2.05) is 0 Å². The molecule has 6 nitrogen and oxygen atoms in total. The molecule has 0 radical (unpaired) electrons. The average Bonchev–Trinajstić information content (AvgIpc) is 2.45. The van der Waals surface area contributed by atoms with E-state index in [0.717, 1.165) is 18.9 Å². The molecule has 0 unspecified atom stereocenters. The standard InChI is InChI=1S/C17H24O6/c1-11(18)6-4-3-5-7-14(20)17-12(9-16(22)23-2)8-13(19)10-15(17)21/h8,10-11,18-19,21H,3-7,9H2,1-2H3/t11-/m1/s1. The normalized spacial score (nSPS) is 12.0. The minimum absolute atomic E-state index is 0.0590. The van der Waals surface area contributed by atoms with Gasteiger partial charge in [0.25, 0.3) is 0 Å². The fraction of sp³-hybridized carbons (Fsp3) is 0.529. The minimum atomic E-state index is -0.555. The van der Waals surface area contributed by atoms with Gasteiger partial charge in [0.1, 0.15) is 11.5 Å². The lowest BCUT2D eigenvalue weighted by Crippen LogP contribution is -2.10. The summed E-state index contributed by atoms with van der Waals surface area (Å²) < 4.78 is 4.57. The van der Waals surface area contributed by atoms with E-state index < -0.39 is 5.97 Å². The minimum Gasteiger partial charge on any atom is -0.508 e. The number of aliphatic hydroxyl groups is 1. The number of ketones is 1. The molecule has 0 bridgehead atoms. The van der Waals surface area contributed by atoms with Crippen LogP contribution in [0.2, 0.25) is 0 Å². The van der Waals surface area contributed by atoms with Crippen LogP contribution in [0.5, 0.6) is 11.5 Å². The predicted molar refractivity (Wildman–Crippen MR) is 84.6 cm³/mol. The van der Waals surface area contributed by atoms with Crippen molar-refractivity contribution in [2.45, 2.75) is 51.6 Å². The predicted octanol–water partition coefficient (Wildman–Crippen LogP) is 2.33. The number of aromatic hydroxyl groups is 2. The molecule has 1 atom stereocenters. The molecule has 1 aromatic rings. The maximum absolute atomic E-state index is 12.3. The molecular formula is C17H24O6. The number of carbonyl (C=O) groups excluding carboxylic acids is 2. The number of hydrogen-bond donors (Lipinski definition) is 3. The average molecular weight is 324 g/mol. The summed E-state index contributed by atoms with van der Waals surface area (Å²) in [5, 5.41) is 28.7. The highest BCUT2D eigenvalue weighted by molar-refractivity contribution is 6.01. The molecule has 0 aliphatic heterocycles. The second-order valence-electron chi connectivity index (χ2n) is 5.62. The van der Waals surface area contributed by atoms with Crippen LogP contribution in [-0.2, 0) is 16.0 Å². The van der Waals surface area contributed by atoms with Crippen molar-refractivity contribution < 1.29 is 29.6 Å². The summed E-state index contributed by atoms with van der Waals surface area (Å²) in [5.74, 6) is -1.38. The van der Waals surface area contributed by atoms with E-state index in [1.165, 1.54) is 13.2 Å². The van der Waals surface area contributed by atoms with Gasteiger partial charge >= 0.3 is 5.97 Å². The SMILES string of the molecule is COC(=O)Cc1cc(O)cc(O)c1C(=O)CCCCC[C@@H](C)O. The van der Waals surface area contributed by atoms with Crippen LogP contribution in [0.15, 0.2) is 12.1 Å². The molecule has 0 aliphatic rings. The van der Waals surface area contributed by atoms with Crippen LogP contribution in [0.25, 0.3) is 0 Å². The summed E-state index contributed by atoms with van der Waals surface area (Å²) in [7, 11) is 1.23. The number of hydrogen-bond acceptors (Lipinski definition) is 6. The Morgan fingerprint density at radius 1 is 1.17 bits per heavy atom. The Labute approximate surface area is 135 Å². The van der Waals surface area contributed by atoms with E-state index in [4.69, 9.17) is 0 Å². The van der Waals surface area contributed by atoms with Gasteiger partial charge in [-0.3, -0.25) is 9.59 Å². The number of carbonyl (C=O) groups is 2. The van der Waals surface area contributed by atoms with Crippen LogP contribution in [0.1, 0.15) is 54.9 Å². The molecule has 0 saturated heterocycles. The highest BCUT2D eigenvalue weighted by atomic mass is 16.5. The zero-order chi connectivity index (χ0) is 17.4. The Morgan fingerprint density at radius 2 is 1.87 bits per heavy atom. The molecule has 0 amide bonds. The van der Waals surface area contributed by atoms with Gasteiger partial charge in [0.05, 0.1) is 25.2 Å². The summed E-state index contributed by atoms with van der Waals surface area (Å²) in [6, 6.07) is 2.37. The maximum Gasteiger partial charge on any atom is 0.310 e. The number of ether oxygens (including phenoxy) is 1. The molecule has 6 heteroatoms. The zero-order valence-corrected chi connectivity index (χ0v) is 13.5. The van der Waals surface area contributed by atoms with E-state index in [1.54, 1.807) is 6.92 Å². The topological polar surface area (TPSA) is 104 Å². The fourth-order valence-electron chi connectivity index (χ4n) is 2.39. The third kappa shape index (κ3) is 6.28. The molecule has 3 N–H and O–H groups in total. The number of phenolic OH excluding ortho intramolecular Hbond substituents is 2. The van der Waals surface area contributed by atoms with Gasteiger partial charge in [-0.1, -0.05) is 12.8 Å². The lowest BCUT2D eigenvalue weighted by atomic mass is 9.96. The van der Waals surface area contributed by atoms with Gasteiger partial charge in [-0.15, -0.1) is 0 Å². The third-order valence-corrected chi connectivity index (χ3v) is 3.55. The van der Waals surface area contributed by atoms with E-state index in [-0.39, 0.29) is 47.4 Å². The second-order valence-corrected chi connectivity index (χ2v) is 5.62. The van der Waals surface area contributed by atoms with Crippen molar-refractivity contribution in [3.05, 3.63) is 23.3 Å². The van der Waals surface area contributed by atoms with E-state index in [2.05, 4.69) is 4.74 Å². The summed E-state index contributed by atoms with van der Waals surface area (Å²) in [4.78, 5) is 23.7. The van der Waals surface area contributed by atoms with Gasteiger partial charge in [-0.05, 0) is 31.4 Å². The Hall–Kier alpha value is -2.08. The van der Waals surface area contributed by atoms with Crippen molar-refractivity contribution in [1.82, 2.24) is 0 Å². The van der Waals surface area contributed by atoms with Gasteiger partial charge in [0, 0.05) is 12.5 Å². The number of methoxy groups -OCH3 is 1. The molecule has 0 aromatic heterocycles. The van der Waals surface area contributed by atoms with Crippen molar-refractivity contribution in [2.24, 2.45) is 0 Å². The Balaban J connectivity index is 2.76. The summed E-state index contributed by atoms with van der Waals surface area (Å²) in [6.45, 7) is 1.72. The smallest absolute Gasteiger partial charge is 0.310 e. The number of rotatable bonds is 9. The monoisotopic (exact) mass is 324 g/mol. The first kappa shape index (κ1) is 19.0. The summed E-state index contributed by atoms with van der Waals surface area (Å²) in [5.41, 5.74) is 0.312. The first-order valence-electron chi connectivity index (χ1n) is 7.68. The Bertz CT molecular complexity index is 550. The van der Waals surface area contributed by atoms with Gasteiger partial charge in [-0.25, -0.2) is 0 Å². The molecule has 23 heavy (non-hydrogen) atoms. The van der Waals surface area contributed by atoms with Crippen LogP contribution in [0.3, 0.4) is 0 Å². The summed E-state index contributed by atoms with van der Waals surface area (Å²) in [6.07, 6.45) is 2.62. The Morgan fingerprint density at radius 3 is 2.48 bits per heavy atom. The molecule has 1 aromatic carbocycles. The second kappa shape index (κ2) is 9.15. The largest absolute Gasteiger partial charge is 0.508 e. The van der Waals surface area contributed by atoms with Gasteiger partial charge in [0.15, 0.2) is 5.78 Å². The first-order chi connectivity index (χ1) is 10.8. The maximum atomic E-state index is 12.3. The number of unbranched alkanes of at least 4 members (excludes halogenated alkanes) is 2. The Kier molecular flexibility index (Phi) is 7.54. The zero-order valence-electron chi connectivity index (χ0n) is 13.5. The summed E-state index contributed by atoms with van der Waals surface area (Å²) >= 11 is 0. The van der Waals surface area contributed by atoms with Crippen LogP contribution < -0.4 is 0 Å². The van der Waals surface area contributed by atoms with Crippen molar-refractivity contribution in [3.63, 3.8) is 0 Å². The van der Waals surface area contributed by atoms with Gasteiger partial charge in [-0.2, -0.15) is 0 Å². The molecule has 1 rings (SSSR count). The molecule has 0 fully saturated rings. The van der Waals surface area contributed by atoms with Crippen LogP contribution in [0.4, 0.5) is 0 Å². The van der Waals surface area contributed by atoms with Crippen molar-refractivity contribution >= 4 is 11.8 Å². The number of phenols is 2.